The fourth-order valence-corrected chi connectivity index (χ4v) is 6.73. The van der Waals surface area contributed by atoms with Gasteiger partial charge in [-0.15, -0.1) is 0 Å². The van der Waals surface area contributed by atoms with Crippen molar-refractivity contribution in [3.8, 4) is 0 Å². The summed E-state index contributed by atoms with van der Waals surface area (Å²) in [5.41, 5.74) is -0.118. The van der Waals surface area contributed by atoms with Crippen LogP contribution in [-0.2, 0) is 65.3 Å². The highest BCUT2D eigenvalue weighted by atomic mass is 31.2. The quantitative estimate of drug-likeness (QED) is 0.0737. The maximum atomic E-state index is 12.3. The van der Waals surface area contributed by atoms with Crippen molar-refractivity contribution in [3.63, 3.8) is 0 Å². The predicted molar refractivity (Wildman–Crippen MR) is 157 cm³/mol. The van der Waals surface area contributed by atoms with E-state index < -0.39 is 110 Å². The number of amides is 1. The van der Waals surface area contributed by atoms with Gasteiger partial charge in [0.15, 0.2) is 29.5 Å². The van der Waals surface area contributed by atoms with Gasteiger partial charge in [-0.25, -0.2) is 28.6 Å². The van der Waals surface area contributed by atoms with E-state index in [-0.39, 0.29) is 17.0 Å². The molecule has 0 aromatic carbocycles. The van der Waals surface area contributed by atoms with Crippen molar-refractivity contribution in [2.75, 3.05) is 18.5 Å². The average molecular weight is 795 g/mol. The number of phosphoric acid groups is 3. The Morgan fingerprint density at radius 1 is 0.784 bits per heavy atom. The van der Waals surface area contributed by atoms with E-state index >= 15 is 0 Å². The number of nitrogens with zero attached hydrogens (tertiary/aromatic N) is 4. The molecule has 2 saturated heterocycles. The van der Waals surface area contributed by atoms with Crippen molar-refractivity contribution in [3.05, 3.63) is 12.7 Å². The van der Waals surface area contributed by atoms with E-state index in [0.29, 0.717) is 0 Å². The van der Waals surface area contributed by atoms with E-state index in [0.717, 1.165) is 31.1 Å². The van der Waals surface area contributed by atoms with Gasteiger partial charge in [-0.2, -0.15) is 0 Å². The van der Waals surface area contributed by atoms with Crippen molar-refractivity contribution >= 4 is 58.3 Å². The summed E-state index contributed by atoms with van der Waals surface area (Å²) in [6.45, 7) is 1.47. The van der Waals surface area contributed by atoms with Gasteiger partial charge < -0.3 is 63.5 Å². The van der Waals surface area contributed by atoms with Crippen molar-refractivity contribution in [1.82, 2.24) is 19.5 Å². The zero-order chi connectivity index (χ0) is 38.1. The van der Waals surface area contributed by atoms with Crippen LogP contribution in [0.25, 0.3) is 11.2 Å². The van der Waals surface area contributed by atoms with Gasteiger partial charge >= 0.3 is 35.4 Å². The van der Waals surface area contributed by atoms with Gasteiger partial charge in [0.25, 0.3) is 0 Å². The second-order valence-electron chi connectivity index (χ2n) is 10.7. The Bertz CT molecular complexity index is 1740. The van der Waals surface area contributed by atoms with Crippen LogP contribution in [0.2, 0.25) is 0 Å². The van der Waals surface area contributed by atoms with Crippen LogP contribution in [0, 0.1) is 0 Å². The lowest BCUT2D eigenvalue weighted by molar-refractivity contribution is -0.313. The van der Waals surface area contributed by atoms with Crippen molar-refractivity contribution < 1.29 is 99.8 Å². The third kappa shape index (κ3) is 11.1. The molecule has 4 rings (SSSR count). The maximum absolute atomic E-state index is 12.3. The molecule has 29 heteroatoms. The van der Waals surface area contributed by atoms with Crippen LogP contribution < -0.4 is 5.32 Å². The van der Waals surface area contributed by atoms with Gasteiger partial charge in [0.1, 0.15) is 62.3 Å². The smallest absolute Gasteiger partial charge is 0.463 e. The lowest BCUT2D eigenvalue weighted by Crippen LogP contribution is -2.62. The molecule has 2 fully saturated rings. The summed E-state index contributed by atoms with van der Waals surface area (Å²) in [7, 11) is -16.7. The van der Waals surface area contributed by atoms with Crippen LogP contribution in [0.4, 0.5) is 5.82 Å². The summed E-state index contributed by atoms with van der Waals surface area (Å²) in [5, 5.41) is 13.6. The molecule has 0 radical (unpaired) electrons. The second kappa shape index (κ2) is 16.0. The van der Waals surface area contributed by atoms with Crippen LogP contribution in [0.1, 0.15) is 27.0 Å². The van der Waals surface area contributed by atoms with Crippen molar-refractivity contribution in [1.29, 1.82) is 0 Å². The summed E-state index contributed by atoms with van der Waals surface area (Å²) in [5.74, 6) is -2.43. The Morgan fingerprint density at radius 2 is 1.31 bits per heavy atom. The van der Waals surface area contributed by atoms with Crippen LogP contribution in [0.15, 0.2) is 12.7 Å². The number of ether oxygens (including phenoxy) is 5. The summed E-state index contributed by atoms with van der Waals surface area (Å²) < 4.78 is 78.4. The Labute approximate surface area is 285 Å². The molecule has 51 heavy (non-hydrogen) atoms. The van der Waals surface area contributed by atoms with Gasteiger partial charge in [-0.05, 0) is 0 Å². The fourth-order valence-electron chi connectivity index (χ4n) is 5.06. The predicted octanol–water partition coefficient (Wildman–Crippen LogP) is -2.29. The number of nitrogens with one attached hydrogen (secondary N) is 1. The van der Waals surface area contributed by atoms with E-state index in [9.17, 15) is 62.5 Å². The highest BCUT2D eigenvalue weighted by Gasteiger charge is 2.57. The minimum absolute atomic E-state index is 0.0278. The summed E-state index contributed by atoms with van der Waals surface area (Å²) in [6.07, 6.45) is -16.3. The van der Waals surface area contributed by atoms with Gasteiger partial charge in [0.05, 0.1) is 6.33 Å². The first-order valence-corrected chi connectivity index (χ1v) is 18.7. The maximum Gasteiger partial charge on any atom is 0.470 e. The highest BCUT2D eigenvalue weighted by molar-refractivity contribution is 7.46. The molecular weight excluding hydrogens is 763 g/mol. The monoisotopic (exact) mass is 795 g/mol. The second-order valence-corrected chi connectivity index (χ2v) is 14.3. The standard InChI is InChI=1S/C22H32N5O21P3/c1-8(28)26-19-13-20(24-6-23-19)27(7-25-13)21-18(48-51(38,39)40)15(11(43-21)4-41-9(2)29)45-22-14(31)17(47-50(35,36)37)16(46-49(32,33)34)12(44-22)5-42-10(3)30/h6-7,11-12,14-18,21-22,31H,4-5H2,1-3H3,(H2,32,33,34)(H2,35,36,37)(H2,38,39,40)(H,23,24,26,28)/t11-,12-,14-,15?,16-,17-,18-,21-,22-/m1/s1. The highest BCUT2D eigenvalue weighted by Crippen LogP contribution is 2.49. The van der Waals surface area contributed by atoms with Crippen molar-refractivity contribution in [2.45, 2.75) is 76.0 Å². The first-order valence-electron chi connectivity index (χ1n) is 14.1. The van der Waals surface area contributed by atoms with E-state index in [1.807, 2.05) is 0 Å². The van der Waals surface area contributed by atoms with Crippen LogP contribution in [0.5, 0.6) is 0 Å². The number of aliphatic hydroxyl groups excluding tert-OH is 1. The van der Waals surface area contributed by atoms with E-state index in [1.54, 1.807) is 0 Å². The zero-order valence-corrected chi connectivity index (χ0v) is 28.9. The molecule has 26 nitrogen and oxygen atoms in total. The normalized spacial score (nSPS) is 28.8. The Hall–Kier alpha value is -2.87. The first-order chi connectivity index (χ1) is 23.5. The van der Waals surface area contributed by atoms with Crippen LogP contribution >= 0.6 is 23.5 Å². The lowest BCUT2D eigenvalue weighted by atomic mass is 9.99. The molecule has 0 saturated carbocycles. The number of phosphoric ester groups is 3. The minimum atomic E-state index is -5.62. The van der Waals surface area contributed by atoms with Gasteiger partial charge in [0, 0.05) is 20.8 Å². The number of imidazole rings is 1. The molecule has 1 unspecified atom stereocenters. The molecule has 2 aromatic heterocycles. The molecule has 0 aliphatic carbocycles. The lowest BCUT2D eigenvalue weighted by Gasteiger charge is -2.44. The molecule has 0 bridgehead atoms. The van der Waals surface area contributed by atoms with E-state index in [2.05, 4.69) is 29.3 Å². The number of aliphatic hydroxyl groups is 1. The molecular formula is C22H32N5O21P3. The summed E-state index contributed by atoms with van der Waals surface area (Å²) in [4.78, 5) is 105. The van der Waals surface area contributed by atoms with Crippen LogP contribution in [-0.4, -0.2) is 134 Å². The molecule has 1 amide bonds. The Kier molecular flexibility index (Phi) is 12.8. The third-order valence-electron chi connectivity index (χ3n) is 6.80. The number of aromatic nitrogens is 4. The zero-order valence-electron chi connectivity index (χ0n) is 26.2. The number of hydrogen-bond acceptors (Lipinski definition) is 18. The van der Waals surface area contributed by atoms with Crippen molar-refractivity contribution in [2.24, 2.45) is 0 Å². The minimum Gasteiger partial charge on any atom is -0.463 e. The topological polar surface area (TPSA) is 374 Å². The molecule has 9 atom stereocenters. The SMILES string of the molecule is CC(=O)Nc1ncnc2c1ncn2[C@@H]1O[C@H](COC(C)=O)C(O[C@H]2O[C@H](COC(C)=O)[C@@H](OP(=O)(O)O)[C@H](OP(=O)(O)O)[C@H]2O)[C@H]1OP(=O)(O)O. The molecule has 2 aliphatic heterocycles. The molecule has 0 spiro atoms. The Balaban J connectivity index is 1.80. The van der Waals surface area contributed by atoms with Gasteiger partial charge in [0.2, 0.25) is 5.91 Å². The van der Waals surface area contributed by atoms with Crippen LogP contribution in [0.3, 0.4) is 0 Å². The van der Waals surface area contributed by atoms with E-state index in [4.69, 9.17) is 28.2 Å². The summed E-state index contributed by atoms with van der Waals surface area (Å²) >= 11 is 0. The number of carbonyl (C=O) groups is 3. The average Bonchev–Trinajstić information content (AvgIpc) is 3.54. The number of fused-ring (bicyclic) bond motifs is 1. The molecule has 4 heterocycles. The number of anilines is 1. The van der Waals surface area contributed by atoms with Gasteiger partial charge in [-0.3, -0.25) is 32.5 Å². The molecule has 2 aliphatic rings. The largest absolute Gasteiger partial charge is 0.470 e. The first kappa shape index (κ1) is 40.9. The molecule has 286 valence electrons. The molecule has 8 N–H and O–H groups in total. The number of rotatable bonds is 14. The number of hydrogen-bond donors (Lipinski definition) is 8. The Morgan fingerprint density at radius 3 is 1.84 bits per heavy atom. The number of esters is 2. The van der Waals surface area contributed by atoms with Gasteiger partial charge in [-0.1, -0.05) is 0 Å². The third-order valence-corrected chi connectivity index (χ3v) is 8.35. The fraction of sp³-hybridized carbons (Fsp3) is 0.636. The number of carbonyl (C=O) groups excluding carboxylic acids is 3. The summed E-state index contributed by atoms with van der Waals surface area (Å²) in [6, 6.07) is 0. The molecule has 2 aromatic rings. The van der Waals surface area contributed by atoms with E-state index in [1.165, 1.54) is 6.92 Å².